The second-order valence-corrected chi connectivity index (χ2v) is 6.40. The number of carboxylic acids is 1. The molecule has 0 saturated carbocycles. The highest BCUT2D eigenvalue weighted by atomic mass is 32.2. The van der Waals surface area contributed by atoms with Crippen molar-refractivity contribution in [3.8, 4) is 0 Å². The maximum Gasteiger partial charge on any atom is 0.327 e. The highest BCUT2D eigenvalue weighted by Crippen LogP contribution is 2.31. The third-order valence-corrected chi connectivity index (χ3v) is 5.01. The molecule has 1 amide bonds. The molecule has 0 radical (unpaired) electrons. The van der Waals surface area contributed by atoms with Crippen molar-refractivity contribution in [1.29, 1.82) is 0 Å². The van der Waals surface area contributed by atoms with Crippen LogP contribution in [0.15, 0.2) is 0 Å². The highest BCUT2D eigenvalue weighted by Gasteiger charge is 2.41. The van der Waals surface area contributed by atoms with Gasteiger partial charge in [-0.25, -0.2) is 4.79 Å². The number of hydrogen-bond donors (Lipinski definition) is 2. The van der Waals surface area contributed by atoms with Crippen LogP contribution >= 0.6 is 11.8 Å². The van der Waals surface area contributed by atoms with Crippen LogP contribution in [0.3, 0.4) is 0 Å². The van der Waals surface area contributed by atoms with Crippen LogP contribution in [0.2, 0.25) is 0 Å². The lowest BCUT2D eigenvalue weighted by atomic mass is 10.0. The summed E-state index contributed by atoms with van der Waals surface area (Å²) in [5, 5.41) is 12.2. The lowest BCUT2D eigenvalue weighted by Crippen LogP contribution is -2.60. The Labute approximate surface area is 116 Å². The van der Waals surface area contributed by atoms with E-state index in [-0.39, 0.29) is 23.5 Å². The number of amides is 1. The molecule has 2 unspecified atom stereocenters. The molecule has 2 heterocycles. The Morgan fingerprint density at radius 1 is 1.53 bits per heavy atom. The van der Waals surface area contributed by atoms with E-state index in [1.54, 1.807) is 0 Å². The van der Waals surface area contributed by atoms with E-state index >= 15 is 0 Å². The molecule has 0 aromatic rings. The van der Waals surface area contributed by atoms with E-state index < -0.39 is 12.0 Å². The smallest absolute Gasteiger partial charge is 0.327 e. The van der Waals surface area contributed by atoms with E-state index in [4.69, 9.17) is 4.74 Å². The van der Waals surface area contributed by atoms with Crippen LogP contribution in [-0.2, 0) is 14.3 Å². The van der Waals surface area contributed by atoms with Crippen LogP contribution in [-0.4, -0.2) is 64.3 Å². The molecule has 2 N–H and O–H groups in total. The third-order valence-electron chi connectivity index (χ3n) is 3.56. The molecule has 0 spiro atoms. The van der Waals surface area contributed by atoms with Gasteiger partial charge in [-0.15, -0.1) is 11.8 Å². The van der Waals surface area contributed by atoms with Gasteiger partial charge in [0.2, 0.25) is 5.91 Å². The number of nitrogens with zero attached hydrogens (tertiary/aromatic N) is 1. The Balaban J connectivity index is 1.96. The minimum absolute atomic E-state index is 0.0426. The van der Waals surface area contributed by atoms with E-state index in [1.807, 2.05) is 13.8 Å². The van der Waals surface area contributed by atoms with Crippen LogP contribution < -0.4 is 5.32 Å². The molecule has 108 valence electrons. The topological polar surface area (TPSA) is 78.9 Å². The molecule has 19 heavy (non-hydrogen) atoms. The highest BCUT2D eigenvalue weighted by molar-refractivity contribution is 8.00. The molecule has 2 fully saturated rings. The zero-order valence-electron chi connectivity index (χ0n) is 11.2. The lowest BCUT2D eigenvalue weighted by Gasteiger charge is -2.39. The van der Waals surface area contributed by atoms with E-state index in [9.17, 15) is 14.7 Å². The number of aliphatic carboxylic acids is 1. The first-order chi connectivity index (χ1) is 8.97. The van der Waals surface area contributed by atoms with Crippen LogP contribution in [0, 0.1) is 0 Å². The van der Waals surface area contributed by atoms with Gasteiger partial charge in [-0.1, -0.05) is 6.92 Å². The van der Waals surface area contributed by atoms with Crippen molar-refractivity contribution in [2.45, 2.75) is 37.3 Å². The Hall–Kier alpha value is -0.790. The summed E-state index contributed by atoms with van der Waals surface area (Å²) in [5.41, 5.74) is -0.289. The number of carboxylic acid groups (broad SMARTS) is 1. The van der Waals surface area contributed by atoms with Gasteiger partial charge < -0.3 is 20.1 Å². The second-order valence-electron chi connectivity index (χ2n) is 5.19. The largest absolute Gasteiger partial charge is 0.480 e. The molecular weight excluding hydrogens is 268 g/mol. The molecule has 7 heteroatoms. The number of ether oxygens (including phenoxy) is 1. The van der Waals surface area contributed by atoms with Crippen molar-refractivity contribution in [2.75, 3.05) is 25.4 Å². The fourth-order valence-corrected chi connectivity index (χ4v) is 3.66. The summed E-state index contributed by atoms with van der Waals surface area (Å²) in [5.74, 6) is -0.705. The second kappa shape index (κ2) is 5.68. The van der Waals surface area contributed by atoms with Crippen molar-refractivity contribution in [1.82, 2.24) is 10.2 Å². The molecular formula is C12H20N2O4S. The summed E-state index contributed by atoms with van der Waals surface area (Å²) >= 11 is 1.52. The SMILES string of the molecule is CCC1SCC(C(=O)O)N1C(=O)COC1(C)CNC1. The van der Waals surface area contributed by atoms with Gasteiger partial charge in [0.15, 0.2) is 0 Å². The quantitative estimate of drug-likeness (QED) is 0.748. The van der Waals surface area contributed by atoms with E-state index in [2.05, 4.69) is 5.32 Å². The molecule has 2 rings (SSSR count). The van der Waals surface area contributed by atoms with Crippen LogP contribution in [0.1, 0.15) is 20.3 Å². The first-order valence-corrected chi connectivity index (χ1v) is 7.52. The molecule has 2 atom stereocenters. The summed E-state index contributed by atoms with van der Waals surface area (Å²) in [6, 6.07) is -0.724. The van der Waals surface area contributed by atoms with Crippen molar-refractivity contribution in [2.24, 2.45) is 0 Å². The Morgan fingerprint density at radius 2 is 2.21 bits per heavy atom. The zero-order valence-corrected chi connectivity index (χ0v) is 12.0. The van der Waals surface area contributed by atoms with Crippen LogP contribution in [0.4, 0.5) is 0 Å². The summed E-state index contributed by atoms with van der Waals surface area (Å²) in [4.78, 5) is 24.9. The number of rotatable bonds is 5. The summed E-state index contributed by atoms with van der Waals surface area (Å²) in [6.45, 7) is 5.32. The van der Waals surface area contributed by atoms with E-state index in [1.165, 1.54) is 16.7 Å². The number of carbonyl (C=O) groups is 2. The predicted octanol–water partition coefficient (Wildman–Crippen LogP) is 0.130. The Bertz CT molecular complexity index is 373. The summed E-state index contributed by atoms with van der Waals surface area (Å²) in [6.07, 6.45) is 0.749. The normalized spacial score (nSPS) is 29.1. The average molecular weight is 288 g/mol. The molecule has 2 saturated heterocycles. The lowest BCUT2D eigenvalue weighted by molar-refractivity contribution is -0.156. The minimum atomic E-state index is -0.937. The third kappa shape index (κ3) is 3.04. The van der Waals surface area contributed by atoms with Crippen molar-refractivity contribution in [3.63, 3.8) is 0 Å². The molecule has 2 aliphatic heterocycles. The zero-order chi connectivity index (χ0) is 14.0. The maximum absolute atomic E-state index is 12.2. The van der Waals surface area contributed by atoms with Gasteiger partial charge >= 0.3 is 5.97 Å². The fourth-order valence-electron chi connectivity index (χ4n) is 2.29. The minimum Gasteiger partial charge on any atom is -0.480 e. The monoisotopic (exact) mass is 288 g/mol. The average Bonchev–Trinajstić information content (AvgIpc) is 2.77. The number of carbonyl (C=O) groups excluding carboxylic acids is 1. The first kappa shape index (κ1) is 14.6. The molecule has 6 nitrogen and oxygen atoms in total. The molecule has 0 aromatic heterocycles. The number of nitrogens with one attached hydrogen (secondary N) is 1. The molecule has 0 bridgehead atoms. The van der Waals surface area contributed by atoms with Crippen molar-refractivity contribution in [3.05, 3.63) is 0 Å². The van der Waals surface area contributed by atoms with E-state index in [0.717, 1.165) is 19.5 Å². The van der Waals surface area contributed by atoms with Gasteiger partial charge in [0, 0.05) is 18.8 Å². The standard InChI is InChI=1S/C12H20N2O4S/c1-3-10-14(8(5-19-10)11(16)17)9(15)4-18-12(2)6-13-7-12/h8,10,13H,3-7H2,1-2H3,(H,16,17). The fraction of sp³-hybridized carbons (Fsp3) is 0.833. The Morgan fingerprint density at radius 3 is 2.68 bits per heavy atom. The van der Waals surface area contributed by atoms with E-state index in [0.29, 0.717) is 5.75 Å². The van der Waals surface area contributed by atoms with Gasteiger partial charge in [-0.3, -0.25) is 4.79 Å². The molecule has 0 aromatic carbocycles. The predicted molar refractivity (Wildman–Crippen MR) is 72.0 cm³/mol. The number of hydrogen-bond acceptors (Lipinski definition) is 5. The Kier molecular flexibility index (Phi) is 4.37. The van der Waals surface area contributed by atoms with Crippen LogP contribution in [0.5, 0.6) is 0 Å². The summed E-state index contributed by atoms with van der Waals surface area (Å²) in [7, 11) is 0. The number of thioether (sulfide) groups is 1. The summed E-state index contributed by atoms with van der Waals surface area (Å²) < 4.78 is 5.60. The van der Waals surface area contributed by atoms with Gasteiger partial charge in [-0.2, -0.15) is 0 Å². The first-order valence-electron chi connectivity index (χ1n) is 6.47. The molecule has 2 aliphatic rings. The van der Waals surface area contributed by atoms with Gasteiger partial charge in [0.05, 0.1) is 11.0 Å². The van der Waals surface area contributed by atoms with Gasteiger partial charge in [-0.05, 0) is 13.3 Å². The van der Waals surface area contributed by atoms with Gasteiger partial charge in [0.25, 0.3) is 0 Å². The maximum atomic E-state index is 12.2. The van der Waals surface area contributed by atoms with Gasteiger partial charge in [0.1, 0.15) is 12.6 Å². The van der Waals surface area contributed by atoms with Crippen molar-refractivity contribution >= 4 is 23.6 Å². The van der Waals surface area contributed by atoms with Crippen molar-refractivity contribution < 1.29 is 19.4 Å². The molecule has 0 aliphatic carbocycles. The van der Waals surface area contributed by atoms with Crippen LogP contribution in [0.25, 0.3) is 0 Å².